The molecule has 0 saturated carbocycles. The Morgan fingerprint density at radius 1 is 1.47 bits per heavy atom. The molecule has 0 amide bonds. The smallest absolute Gasteiger partial charge is 0.161 e. The van der Waals surface area contributed by atoms with Gasteiger partial charge < -0.3 is 15.6 Å². The third-order valence-corrected chi connectivity index (χ3v) is 2.95. The molecule has 6 nitrogen and oxygen atoms in total. The van der Waals surface area contributed by atoms with Gasteiger partial charge in [0.2, 0.25) is 0 Å². The standard InChI is InChI=1S/C13H17N5O/c1-8(13-17-15-7-18(13)3)16-10-4-5-11(9(2)19)12(14)6-10/h4-8,16H,14H2,1-3H3. The second kappa shape index (κ2) is 5.09. The first-order valence-electron chi connectivity index (χ1n) is 6.00. The lowest BCUT2D eigenvalue weighted by molar-refractivity contribution is 0.101. The Bertz CT molecular complexity index is 605. The van der Waals surface area contributed by atoms with E-state index in [0.717, 1.165) is 11.5 Å². The number of hydrogen-bond donors (Lipinski definition) is 2. The Labute approximate surface area is 111 Å². The summed E-state index contributed by atoms with van der Waals surface area (Å²) in [6, 6.07) is 5.31. The highest BCUT2D eigenvalue weighted by Crippen LogP contribution is 2.22. The SMILES string of the molecule is CC(=O)c1ccc(NC(C)c2nncn2C)cc1N. The monoisotopic (exact) mass is 259 g/mol. The average molecular weight is 259 g/mol. The van der Waals surface area contributed by atoms with Crippen molar-refractivity contribution in [2.45, 2.75) is 19.9 Å². The number of hydrogen-bond acceptors (Lipinski definition) is 5. The molecular weight excluding hydrogens is 242 g/mol. The van der Waals surface area contributed by atoms with Crippen LogP contribution in [0.25, 0.3) is 0 Å². The van der Waals surface area contributed by atoms with Gasteiger partial charge in [-0.1, -0.05) is 0 Å². The number of nitrogens with zero attached hydrogens (tertiary/aromatic N) is 3. The summed E-state index contributed by atoms with van der Waals surface area (Å²) in [6.07, 6.45) is 1.65. The van der Waals surface area contributed by atoms with Gasteiger partial charge in [0, 0.05) is 24.0 Å². The lowest BCUT2D eigenvalue weighted by Crippen LogP contribution is -2.12. The molecule has 6 heteroatoms. The van der Waals surface area contributed by atoms with Gasteiger partial charge in [-0.05, 0) is 32.0 Å². The number of carbonyl (C=O) groups is 1. The predicted octanol–water partition coefficient (Wildman–Crippen LogP) is 1.77. The van der Waals surface area contributed by atoms with Crippen molar-refractivity contribution in [1.29, 1.82) is 0 Å². The van der Waals surface area contributed by atoms with Gasteiger partial charge in [-0.15, -0.1) is 10.2 Å². The maximum atomic E-state index is 11.3. The number of Topliss-reactive ketones (excluding diaryl/α,β-unsaturated/α-hetero) is 1. The van der Waals surface area contributed by atoms with Gasteiger partial charge in [0.1, 0.15) is 6.33 Å². The van der Waals surface area contributed by atoms with Crippen molar-refractivity contribution < 1.29 is 4.79 Å². The number of aryl methyl sites for hydroxylation is 1. The van der Waals surface area contributed by atoms with Crippen LogP contribution in [0.3, 0.4) is 0 Å². The molecule has 0 aliphatic heterocycles. The Morgan fingerprint density at radius 2 is 2.21 bits per heavy atom. The topological polar surface area (TPSA) is 85.8 Å². The number of carbonyl (C=O) groups excluding carboxylic acids is 1. The van der Waals surface area contributed by atoms with Gasteiger partial charge >= 0.3 is 0 Å². The van der Waals surface area contributed by atoms with Crippen molar-refractivity contribution in [3.63, 3.8) is 0 Å². The summed E-state index contributed by atoms with van der Waals surface area (Å²) in [4.78, 5) is 11.3. The lowest BCUT2D eigenvalue weighted by Gasteiger charge is -2.15. The molecule has 0 fully saturated rings. The van der Waals surface area contributed by atoms with Gasteiger partial charge in [0.25, 0.3) is 0 Å². The molecule has 19 heavy (non-hydrogen) atoms. The van der Waals surface area contributed by atoms with Crippen molar-refractivity contribution >= 4 is 17.2 Å². The first-order valence-corrected chi connectivity index (χ1v) is 6.00. The van der Waals surface area contributed by atoms with Gasteiger partial charge in [-0.3, -0.25) is 4.79 Å². The highest BCUT2D eigenvalue weighted by atomic mass is 16.1. The number of anilines is 2. The van der Waals surface area contributed by atoms with Crippen LogP contribution in [0.15, 0.2) is 24.5 Å². The minimum absolute atomic E-state index is 0.00456. The molecule has 1 unspecified atom stereocenters. The third-order valence-electron chi connectivity index (χ3n) is 2.95. The van der Waals surface area contributed by atoms with Crippen LogP contribution in [0.4, 0.5) is 11.4 Å². The molecule has 100 valence electrons. The van der Waals surface area contributed by atoms with Gasteiger partial charge in [0.15, 0.2) is 11.6 Å². The summed E-state index contributed by atoms with van der Waals surface area (Å²) in [7, 11) is 1.89. The van der Waals surface area contributed by atoms with Crippen molar-refractivity contribution in [3.05, 3.63) is 35.9 Å². The van der Waals surface area contributed by atoms with E-state index in [9.17, 15) is 4.79 Å². The van der Waals surface area contributed by atoms with Gasteiger partial charge in [-0.25, -0.2) is 0 Å². The van der Waals surface area contributed by atoms with Crippen LogP contribution in [0, 0.1) is 0 Å². The first-order chi connectivity index (χ1) is 8.99. The van der Waals surface area contributed by atoms with E-state index in [1.165, 1.54) is 6.92 Å². The molecule has 2 aromatic rings. The molecule has 1 aromatic carbocycles. The average Bonchev–Trinajstić information content (AvgIpc) is 2.75. The second-order valence-corrected chi connectivity index (χ2v) is 4.52. The summed E-state index contributed by atoms with van der Waals surface area (Å²) in [5.74, 6) is 0.791. The lowest BCUT2D eigenvalue weighted by atomic mass is 10.1. The van der Waals surface area contributed by atoms with Crippen LogP contribution in [0.5, 0.6) is 0 Å². The van der Waals surface area contributed by atoms with Crippen LogP contribution in [-0.2, 0) is 7.05 Å². The largest absolute Gasteiger partial charge is 0.398 e. The maximum Gasteiger partial charge on any atom is 0.161 e. The predicted molar refractivity (Wildman–Crippen MR) is 73.9 cm³/mol. The number of nitrogen functional groups attached to an aromatic ring is 1. The zero-order valence-electron chi connectivity index (χ0n) is 11.2. The minimum Gasteiger partial charge on any atom is -0.398 e. The number of benzene rings is 1. The van der Waals surface area contributed by atoms with Crippen molar-refractivity contribution in [2.24, 2.45) is 7.05 Å². The molecule has 0 aliphatic carbocycles. The van der Waals surface area contributed by atoms with E-state index in [1.807, 2.05) is 24.6 Å². The van der Waals surface area contributed by atoms with E-state index in [0.29, 0.717) is 11.3 Å². The van der Waals surface area contributed by atoms with Crippen LogP contribution in [0.1, 0.15) is 36.1 Å². The van der Waals surface area contributed by atoms with E-state index in [2.05, 4.69) is 15.5 Å². The molecule has 0 saturated heterocycles. The normalized spacial score (nSPS) is 12.2. The number of ketones is 1. The summed E-state index contributed by atoms with van der Waals surface area (Å²) in [6.45, 7) is 3.49. The fourth-order valence-corrected chi connectivity index (χ4v) is 1.97. The van der Waals surface area contributed by atoms with Crippen molar-refractivity contribution in [1.82, 2.24) is 14.8 Å². The highest BCUT2D eigenvalue weighted by molar-refractivity contribution is 5.99. The molecule has 1 heterocycles. The first kappa shape index (κ1) is 13.1. The Morgan fingerprint density at radius 3 is 2.74 bits per heavy atom. The third kappa shape index (κ3) is 2.73. The summed E-state index contributed by atoms with van der Waals surface area (Å²) < 4.78 is 1.85. The van der Waals surface area contributed by atoms with Crippen LogP contribution in [0.2, 0.25) is 0 Å². The molecule has 0 bridgehead atoms. The molecule has 0 spiro atoms. The van der Waals surface area contributed by atoms with Crippen molar-refractivity contribution in [3.8, 4) is 0 Å². The highest BCUT2D eigenvalue weighted by Gasteiger charge is 2.12. The summed E-state index contributed by atoms with van der Waals surface area (Å²) in [5, 5.41) is 11.2. The van der Waals surface area contributed by atoms with E-state index >= 15 is 0 Å². The summed E-state index contributed by atoms with van der Waals surface area (Å²) in [5.41, 5.74) is 7.71. The number of nitrogens with one attached hydrogen (secondary N) is 1. The Kier molecular flexibility index (Phi) is 3.50. The van der Waals surface area contributed by atoms with Gasteiger partial charge in [0.05, 0.1) is 6.04 Å². The number of rotatable bonds is 4. The molecular formula is C13H17N5O. The van der Waals surface area contributed by atoms with E-state index in [1.54, 1.807) is 18.5 Å². The maximum absolute atomic E-state index is 11.3. The zero-order chi connectivity index (χ0) is 14.0. The van der Waals surface area contributed by atoms with Gasteiger partial charge in [-0.2, -0.15) is 0 Å². The van der Waals surface area contributed by atoms with Crippen LogP contribution >= 0.6 is 0 Å². The molecule has 1 atom stereocenters. The summed E-state index contributed by atoms with van der Waals surface area (Å²) >= 11 is 0. The quantitative estimate of drug-likeness (QED) is 0.645. The molecule has 1 aromatic heterocycles. The number of nitrogens with two attached hydrogens (primary N) is 1. The number of aromatic nitrogens is 3. The second-order valence-electron chi connectivity index (χ2n) is 4.52. The zero-order valence-corrected chi connectivity index (χ0v) is 11.2. The molecule has 2 rings (SSSR count). The Balaban J connectivity index is 2.18. The van der Waals surface area contributed by atoms with Crippen LogP contribution in [-0.4, -0.2) is 20.5 Å². The molecule has 0 aliphatic rings. The van der Waals surface area contributed by atoms with Crippen molar-refractivity contribution in [2.75, 3.05) is 11.1 Å². The fraction of sp³-hybridized carbons (Fsp3) is 0.308. The molecule has 3 N–H and O–H groups in total. The minimum atomic E-state index is -0.0367. The van der Waals surface area contributed by atoms with Crippen LogP contribution < -0.4 is 11.1 Å². The van der Waals surface area contributed by atoms with E-state index < -0.39 is 0 Å². The fourth-order valence-electron chi connectivity index (χ4n) is 1.97. The van der Waals surface area contributed by atoms with E-state index in [-0.39, 0.29) is 11.8 Å². The Hall–Kier alpha value is -2.37. The van der Waals surface area contributed by atoms with E-state index in [4.69, 9.17) is 5.73 Å². The molecule has 0 radical (unpaired) electrons.